The molecule has 0 spiro atoms. The molecule has 0 radical (unpaired) electrons. The Morgan fingerprint density at radius 3 is 2.46 bits per heavy atom. The molecule has 0 aliphatic heterocycles. The molecule has 1 heterocycles. The summed E-state index contributed by atoms with van der Waals surface area (Å²) in [6.45, 7) is 1.98. The zero-order valence-corrected chi connectivity index (χ0v) is 15.5. The molecule has 6 nitrogen and oxygen atoms in total. The topological polar surface area (TPSA) is 84.5 Å². The molecule has 0 aliphatic carbocycles. The standard InChI is InChI=1S/C15H17ClN2O4S2/c1-10(9-22-2)18-24(20,21)12-5-3-11(4-6-12)17-15(19)13-7-8-14(16)23-13/h3-8,10,18H,9H2,1-2H3,(H,17,19). The molecule has 2 N–H and O–H groups in total. The summed E-state index contributed by atoms with van der Waals surface area (Å²) in [6.07, 6.45) is 0. The van der Waals surface area contributed by atoms with Crippen LogP contribution in [0.5, 0.6) is 0 Å². The van der Waals surface area contributed by atoms with Crippen molar-refractivity contribution in [3.63, 3.8) is 0 Å². The van der Waals surface area contributed by atoms with Gasteiger partial charge in [0.15, 0.2) is 0 Å². The lowest BCUT2D eigenvalue weighted by molar-refractivity contribution is 0.103. The second-order valence-electron chi connectivity index (χ2n) is 5.06. The second kappa shape index (κ2) is 8.09. The molecule has 0 saturated heterocycles. The van der Waals surface area contributed by atoms with Crippen LogP contribution >= 0.6 is 22.9 Å². The zero-order chi connectivity index (χ0) is 17.7. The summed E-state index contributed by atoms with van der Waals surface area (Å²) in [5, 5.41) is 2.69. The average molecular weight is 389 g/mol. The van der Waals surface area contributed by atoms with Crippen LogP contribution < -0.4 is 10.0 Å². The molecule has 1 unspecified atom stereocenters. The monoisotopic (exact) mass is 388 g/mol. The highest BCUT2D eigenvalue weighted by Crippen LogP contribution is 2.22. The minimum absolute atomic E-state index is 0.114. The number of ether oxygens (including phenoxy) is 1. The van der Waals surface area contributed by atoms with Crippen LogP contribution in [-0.2, 0) is 14.8 Å². The first-order valence-electron chi connectivity index (χ1n) is 7.00. The highest BCUT2D eigenvalue weighted by Gasteiger charge is 2.17. The molecule has 0 bridgehead atoms. The summed E-state index contributed by atoms with van der Waals surface area (Å²) in [6, 6.07) is 8.85. The first-order valence-corrected chi connectivity index (χ1v) is 9.67. The van der Waals surface area contributed by atoms with Crippen molar-refractivity contribution in [1.29, 1.82) is 0 Å². The Balaban J connectivity index is 2.06. The van der Waals surface area contributed by atoms with Crippen LogP contribution in [0.3, 0.4) is 0 Å². The number of hydrogen-bond donors (Lipinski definition) is 2. The molecule has 1 atom stereocenters. The van der Waals surface area contributed by atoms with Crippen molar-refractivity contribution in [2.24, 2.45) is 0 Å². The van der Waals surface area contributed by atoms with Crippen molar-refractivity contribution in [3.05, 3.63) is 45.6 Å². The van der Waals surface area contributed by atoms with E-state index in [0.29, 0.717) is 14.9 Å². The predicted octanol–water partition coefficient (Wildman–Crippen LogP) is 2.97. The number of rotatable bonds is 7. The van der Waals surface area contributed by atoms with Gasteiger partial charge >= 0.3 is 0 Å². The van der Waals surface area contributed by atoms with Gasteiger partial charge in [-0.25, -0.2) is 13.1 Å². The summed E-state index contributed by atoms with van der Waals surface area (Å²) in [5.74, 6) is -0.297. The van der Waals surface area contributed by atoms with Crippen LogP contribution in [0.4, 0.5) is 5.69 Å². The third-order valence-electron chi connectivity index (χ3n) is 2.99. The van der Waals surface area contributed by atoms with Crippen molar-refractivity contribution in [1.82, 2.24) is 4.72 Å². The number of amides is 1. The van der Waals surface area contributed by atoms with Gasteiger partial charge in [-0.15, -0.1) is 11.3 Å². The Kier molecular flexibility index (Phi) is 6.36. The summed E-state index contributed by atoms with van der Waals surface area (Å²) in [7, 11) is -2.13. The lowest BCUT2D eigenvalue weighted by atomic mass is 10.3. The number of benzene rings is 1. The van der Waals surface area contributed by atoms with Crippen molar-refractivity contribution in [2.45, 2.75) is 17.9 Å². The van der Waals surface area contributed by atoms with Crippen molar-refractivity contribution < 1.29 is 17.9 Å². The molecular formula is C15H17ClN2O4S2. The van der Waals surface area contributed by atoms with Gasteiger partial charge in [-0.2, -0.15) is 0 Å². The molecular weight excluding hydrogens is 372 g/mol. The smallest absolute Gasteiger partial charge is 0.265 e. The maximum Gasteiger partial charge on any atom is 0.265 e. The number of anilines is 1. The number of carbonyl (C=O) groups is 1. The van der Waals surface area contributed by atoms with Gasteiger partial charge in [0.1, 0.15) is 0 Å². The van der Waals surface area contributed by atoms with E-state index < -0.39 is 10.0 Å². The molecule has 0 aliphatic rings. The van der Waals surface area contributed by atoms with Gasteiger partial charge in [-0.05, 0) is 43.3 Å². The minimum atomic E-state index is -3.63. The van der Waals surface area contributed by atoms with E-state index in [1.54, 1.807) is 19.1 Å². The summed E-state index contributed by atoms with van der Waals surface area (Å²) in [4.78, 5) is 12.6. The van der Waals surface area contributed by atoms with Gasteiger partial charge < -0.3 is 10.1 Å². The maximum absolute atomic E-state index is 12.2. The molecule has 1 aromatic heterocycles. The number of nitrogens with one attached hydrogen (secondary N) is 2. The van der Waals surface area contributed by atoms with E-state index >= 15 is 0 Å². The van der Waals surface area contributed by atoms with Crippen molar-refractivity contribution in [3.8, 4) is 0 Å². The van der Waals surface area contributed by atoms with Crippen LogP contribution in [0.15, 0.2) is 41.3 Å². The number of hydrogen-bond acceptors (Lipinski definition) is 5. The fourth-order valence-corrected chi connectivity index (χ4v) is 4.13. The van der Waals surface area contributed by atoms with E-state index in [2.05, 4.69) is 10.0 Å². The quantitative estimate of drug-likeness (QED) is 0.763. The fourth-order valence-electron chi connectivity index (χ4n) is 1.96. The second-order valence-corrected chi connectivity index (χ2v) is 8.49. The van der Waals surface area contributed by atoms with E-state index in [1.807, 2.05) is 0 Å². The average Bonchev–Trinajstić information content (AvgIpc) is 2.94. The maximum atomic E-state index is 12.2. The van der Waals surface area contributed by atoms with E-state index in [0.717, 1.165) is 0 Å². The summed E-state index contributed by atoms with van der Waals surface area (Å²) in [5.41, 5.74) is 0.494. The van der Waals surface area contributed by atoms with E-state index in [-0.39, 0.29) is 23.5 Å². The highest BCUT2D eigenvalue weighted by molar-refractivity contribution is 7.89. The first kappa shape index (κ1) is 18.9. The summed E-state index contributed by atoms with van der Waals surface area (Å²) >= 11 is 6.97. The highest BCUT2D eigenvalue weighted by atomic mass is 35.5. The van der Waals surface area contributed by atoms with Crippen LogP contribution in [-0.4, -0.2) is 34.1 Å². The van der Waals surface area contributed by atoms with Crippen LogP contribution in [0, 0.1) is 0 Å². The Labute approximate surface area is 149 Å². The van der Waals surface area contributed by atoms with Crippen LogP contribution in [0.2, 0.25) is 4.34 Å². The van der Waals surface area contributed by atoms with Gasteiger partial charge in [-0.1, -0.05) is 11.6 Å². The van der Waals surface area contributed by atoms with Crippen molar-refractivity contribution in [2.75, 3.05) is 19.0 Å². The molecule has 130 valence electrons. The molecule has 24 heavy (non-hydrogen) atoms. The summed E-state index contributed by atoms with van der Waals surface area (Å²) < 4.78 is 32.4. The van der Waals surface area contributed by atoms with Gasteiger partial charge in [0.2, 0.25) is 10.0 Å². The SMILES string of the molecule is COCC(C)NS(=O)(=O)c1ccc(NC(=O)c2ccc(Cl)s2)cc1. The van der Waals surface area contributed by atoms with E-state index in [1.165, 1.54) is 42.7 Å². The fraction of sp³-hybridized carbons (Fsp3) is 0.267. The molecule has 0 fully saturated rings. The Morgan fingerprint density at radius 1 is 1.25 bits per heavy atom. The largest absolute Gasteiger partial charge is 0.383 e. The van der Waals surface area contributed by atoms with E-state index in [4.69, 9.17) is 16.3 Å². The zero-order valence-electron chi connectivity index (χ0n) is 13.1. The molecule has 9 heteroatoms. The minimum Gasteiger partial charge on any atom is -0.383 e. The van der Waals surface area contributed by atoms with Crippen LogP contribution in [0.1, 0.15) is 16.6 Å². The van der Waals surface area contributed by atoms with Gasteiger partial charge in [0.05, 0.1) is 20.7 Å². The number of sulfonamides is 1. The van der Waals surface area contributed by atoms with Crippen molar-refractivity contribution >= 4 is 44.6 Å². The molecule has 0 saturated carbocycles. The molecule has 1 amide bonds. The number of halogens is 1. The molecule has 1 aromatic carbocycles. The normalized spacial score (nSPS) is 12.8. The lowest BCUT2D eigenvalue weighted by Crippen LogP contribution is -2.35. The van der Waals surface area contributed by atoms with Gasteiger partial charge in [0, 0.05) is 18.8 Å². The number of thiophene rings is 1. The Bertz CT molecular complexity index is 803. The van der Waals surface area contributed by atoms with Crippen LogP contribution in [0.25, 0.3) is 0 Å². The van der Waals surface area contributed by atoms with E-state index in [9.17, 15) is 13.2 Å². The van der Waals surface area contributed by atoms with Gasteiger partial charge in [0.25, 0.3) is 5.91 Å². The molecule has 2 aromatic rings. The predicted molar refractivity (Wildman–Crippen MR) is 95.4 cm³/mol. The lowest BCUT2D eigenvalue weighted by Gasteiger charge is -2.13. The Morgan fingerprint density at radius 2 is 1.92 bits per heavy atom. The van der Waals surface area contributed by atoms with Gasteiger partial charge in [-0.3, -0.25) is 4.79 Å². The molecule has 2 rings (SSSR count). The first-order chi connectivity index (χ1) is 11.3. The third-order valence-corrected chi connectivity index (χ3v) is 5.83. The number of carbonyl (C=O) groups excluding carboxylic acids is 1. The number of methoxy groups -OCH3 is 1. The Hall–Kier alpha value is -1.45. The third kappa shape index (κ3) is 5.02.